The van der Waals surface area contributed by atoms with Gasteiger partial charge in [0.2, 0.25) is 0 Å². The molecule has 1 aliphatic rings. The minimum Gasteiger partial charge on any atom is -0.361 e. The van der Waals surface area contributed by atoms with Crippen molar-refractivity contribution in [3.63, 3.8) is 0 Å². The van der Waals surface area contributed by atoms with E-state index in [9.17, 15) is 0 Å². The maximum Gasteiger partial charge on any atom is 0.0711 e. The van der Waals surface area contributed by atoms with Crippen molar-refractivity contribution >= 4 is 5.69 Å². The lowest BCUT2D eigenvalue weighted by Crippen LogP contribution is -2.58. The third-order valence-corrected chi connectivity index (χ3v) is 3.38. The monoisotopic (exact) mass is 224 g/mol. The van der Waals surface area contributed by atoms with E-state index in [1.807, 2.05) is 12.1 Å². The number of hydrogen-bond donors (Lipinski definition) is 1. The van der Waals surface area contributed by atoms with E-state index in [0.29, 0.717) is 6.04 Å². The molecule has 1 heterocycles. The molecule has 86 valence electrons. The van der Waals surface area contributed by atoms with Crippen LogP contribution in [0.2, 0.25) is 0 Å². The van der Waals surface area contributed by atoms with Gasteiger partial charge in [-0.25, -0.2) is 0 Å². The van der Waals surface area contributed by atoms with Crippen molar-refractivity contribution in [1.29, 1.82) is 0 Å². The van der Waals surface area contributed by atoms with Crippen LogP contribution < -0.4 is 10.6 Å². The van der Waals surface area contributed by atoms with E-state index < -0.39 is 0 Å². The van der Waals surface area contributed by atoms with Gasteiger partial charge in [0.1, 0.15) is 0 Å². The van der Waals surface area contributed by atoms with Gasteiger partial charge in [-0.2, -0.15) is 0 Å². The summed E-state index contributed by atoms with van der Waals surface area (Å²) in [6.45, 7) is 0.934. The maximum absolute atomic E-state index is 6.14. The summed E-state index contributed by atoms with van der Waals surface area (Å²) in [5.41, 5.74) is 8.69. The van der Waals surface area contributed by atoms with Crippen molar-refractivity contribution in [2.75, 3.05) is 11.4 Å². The first-order valence-electron chi connectivity index (χ1n) is 5.98. The van der Waals surface area contributed by atoms with Gasteiger partial charge in [0.05, 0.1) is 6.04 Å². The Bertz CT molecular complexity index is 481. The second-order valence-electron chi connectivity index (χ2n) is 4.51. The third-order valence-electron chi connectivity index (χ3n) is 3.38. The van der Waals surface area contributed by atoms with Crippen molar-refractivity contribution in [3.05, 3.63) is 66.2 Å². The van der Waals surface area contributed by atoms with Crippen LogP contribution in [0.1, 0.15) is 11.6 Å². The van der Waals surface area contributed by atoms with Crippen LogP contribution in [-0.2, 0) is 0 Å². The Kier molecular flexibility index (Phi) is 2.57. The molecule has 3 rings (SSSR count). The highest BCUT2D eigenvalue weighted by Crippen LogP contribution is 2.36. The number of hydrogen-bond acceptors (Lipinski definition) is 2. The Morgan fingerprint density at radius 3 is 2.06 bits per heavy atom. The van der Waals surface area contributed by atoms with E-state index in [0.717, 1.165) is 6.54 Å². The highest BCUT2D eigenvalue weighted by molar-refractivity contribution is 5.53. The Hall–Kier alpha value is -1.80. The van der Waals surface area contributed by atoms with Gasteiger partial charge in [-0.15, -0.1) is 0 Å². The molecular weight excluding hydrogens is 208 g/mol. The van der Waals surface area contributed by atoms with Crippen LogP contribution in [-0.4, -0.2) is 12.6 Å². The molecule has 2 aromatic rings. The van der Waals surface area contributed by atoms with E-state index in [4.69, 9.17) is 5.73 Å². The van der Waals surface area contributed by atoms with Crippen LogP contribution in [0, 0.1) is 0 Å². The molecule has 1 fully saturated rings. The molecule has 2 nitrogen and oxygen atoms in total. The zero-order valence-electron chi connectivity index (χ0n) is 9.66. The first kappa shape index (κ1) is 10.4. The Balaban J connectivity index is 1.89. The topological polar surface area (TPSA) is 29.3 Å². The normalized spacial score (nSPS) is 23.2. The molecule has 0 saturated carbocycles. The van der Waals surface area contributed by atoms with Crippen molar-refractivity contribution in [1.82, 2.24) is 0 Å². The number of anilines is 1. The zero-order chi connectivity index (χ0) is 11.7. The van der Waals surface area contributed by atoms with Crippen molar-refractivity contribution < 1.29 is 0 Å². The molecule has 1 aliphatic heterocycles. The van der Waals surface area contributed by atoms with Crippen LogP contribution in [0.5, 0.6) is 0 Å². The fourth-order valence-corrected chi connectivity index (χ4v) is 2.50. The van der Waals surface area contributed by atoms with Gasteiger partial charge >= 0.3 is 0 Å². The number of para-hydroxylation sites is 1. The lowest BCUT2D eigenvalue weighted by molar-refractivity contribution is 0.390. The van der Waals surface area contributed by atoms with Crippen LogP contribution in [0.3, 0.4) is 0 Å². The molecular formula is C15H16N2. The van der Waals surface area contributed by atoms with Gasteiger partial charge in [0.15, 0.2) is 0 Å². The van der Waals surface area contributed by atoms with Gasteiger partial charge in [-0.1, -0.05) is 48.5 Å². The third kappa shape index (κ3) is 1.81. The minimum absolute atomic E-state index is 0.234. The summed E-state index contributed by atoms with van der Waals surface area (Å²) < 4.78 is 0. The van der Waals surface area contributed by atoms with Gasteiger partial charge < -0.3 is 10.6 Å². The smallest absolute Gasteiger partial charge is 0.0711 e. The lowest BCUT2D eigenvalue weighted by atomic mass is 9.89. The first-order chi connectivity index (χ1) is 8.36. The summed E-state index contributed by atoms with van der Waals surface area (Å²) in [7, 11) is 0. The van der Waals surface area contributed by atoms with E-state index in [1.54, 1.807) is 0 Å². The maximum atomic E-state index is 6.14. The Labute approximate surface area is 102 Å². The van der Waals surface area contributed by atoms with Crippen LogP contribution in [0.4, 0.5) is 5.69 Å². The molecule has 2 atom stereocenters. The fourth-order valence-electron chi connectivity index (χ4n) is 2.50. The Morgan fingerprint density at radius 1 is 0.882 bits per heavy atom. The summed E-state index contributed by atoms with van der Waals surface area (Å²) in [4.78, 5) is 2.36. The van der Waals surface area contributed by atoms with E-state index >= 15 is 0 Å². The molecule has 0 radical (unpaired) electrons. The van der Waals surface area contributed by atoms with E-state index in [2.05, 4.69) is 53.4 Å². The number of benzene rings is 2. The van der Waals surface area contributed by atoms with Gasteiger partial charge in [-0.05, 0) is 17.7 Å². The summed E-state index contributed by atoms with van der Waals surface area (Å²) in [5, 5.41) is 0. The summed E-state index contributed by atoms with van der Waals surface area (Å²) in [5.74, 6) is 0. The molecule has 0 aliphatic carbocycles. The van der Waals surface area contributed by atoms with Crippen LogP contribution in [0.15, 0.2) is 60.7 Å². The predicted molar refractivity (Wildman–Crippen MR) is 70.9 cm³/mol. The fraction of sp³-hybridized carbons (Fsp3) is 0.200. The number of nitrogens with two attached hydrogens (primary N) is 1. The van der Waals surface area contributed by atoms with Crippen molar-refractivity contribution in [3.8, 4) is 0 Å². The predicted octanol–water partition coefficient (Wildman–Crippen LogP) is 2.58. The van der Waals surface area contributed by atoms with E-state index in [-0.39, 0.29) is 6.04 Å². The highest BCUT2D eigenvalue weighted by Gasteiger charge is 2.37. The largest absolute Gasteiger partial charge is 0.361 e. The second-order valence-corrected chi connectivity index (χ2v) is 4.51. The minimum atomic E-state index is 0.234. The molecule has 2 N–H and O–H groups in total. The van der Waals surface area contributed by atoms with E-state index in [1.165, 1.54) is 11.3 Å². The molecule has 0 amide bonds. The first-order valence-corrected chi connectivity index (χ1v) is 5.98. The lowest BCUT2D eigenvalue weighted by Gasteiger charge is -2.48. The molecule has 0 bridgehead atoms. The standard InChI is InChI=1S/C15H16N2/c16-14-11-17(13-9-5-2-6-10-13)15(14)12-7-3-1-4-8-12/h1-10,14-15H,11,16H2/t14-,15-/m1/s1. The van der Waals surface area contributed by atoms with Gasteiger partial charge in [0.25, 0.3) is 0 Å². The number of rotatable bonds is 2. The quantitative estimate of drug-likeness (QED) is 0.849. The highest BCUT2D eigenvalue weighted by atomic mass is 15.3. The summed E-state index contributed by atoms with van der Waals surface area (Å²) >= 11 is 0. The van der Waals surface area contributed by atoms with Crippen LogP contribution in [0.25, 0.3) is 0 Å². The van der Waals surface area contributed by atoms with Gasteiger partial charge in [-0.3, -0.25) is 0 Å². The molecule has 0 unspecified atom stereocenters. The Morgan fingerprint density at radius 2 is 1.47 bits per heavy atom. The van der Waals surface area contributed by atoms with Gasteiger partial charge in [0, 0.05) is 18.3 Å². The van der Waals surface area contributed by atoms with Crippen molar-refractivity contribution in [2.24, 2.45) is 5.73 Å². The molecule has 2 aromatic carbocycles. The zero-order valence-corrected chi connectivity index (χ0v) is 9.66. The average Bonchev–Trinajstić information content (AvgIpc) is 2.38. The SMILES string of the molecule is N[C@@H]1CN(c2ccccc2)[C@@H]1c1ccccc1. The molecule has 0 aromatic heterocycles. The second kappa shape index (κ2) is 4.22. The summed E-state index contributed by atoms with van der Waals surface area (Å²) in [6.07, 6.45) is 0. The van der Waals surface area contributed by atoms with Crippen LogP contribution >= 0.6 is 0 Å². The van der Waals surface area contributed by atoms with Crippen molar-refractivity contribution in [2.45, 2.75) is 12.1 Å². The molecule has 0 spiro atoms. The summed E-state index contributed by atoms with van der Waals surface area (Å²) in [6, 6.07) is 21.5. The average molecular weight is 224 g/mol. The molecule has 2 heteroatoms. The molecule has 1 saturated heterocycles. The molecule has 17 heavy (non-hydrogen) atoms. The number of nitrogens with zero attached hydrogens (tertiary/aromatic N) is 1.